The lowest BCUT2D eigenvalue weighted by Crippen LogP contribution is -2.46. The molecule has 0 N–H and O–H groups in total. The van der Waals surface area contributed by atoms with Crippen LogP contribution in [0.1, 0.15) is 12.8 Å². The van der Waals surface area contributed by atoms with Gasteiger partial charge in [0.15, 0.2) is 6.61 Å². The molecule has 3 nitrogen and oxygen atoms in total. The van der Waals surface area contributed by atoms with E-state index in [2.05, 4.69) is 15.9 Å². The maximum absolute atomic E-state index is 12.7. The Morgan fingerprint density at radius 2 is 2.00 bits per heavy atom. The van der Waals surface area contributed by atoms with Gasteiger partial charge in [-0.05, 0) is 37.1 Å². The molecule has 0 saturated carbocycles. The number of hydrogen-bond donors (Lipinski definition) is 0. The van der Waals surface area contributed by atoms with Crippen LogP contribution in [0.3, 0.4) is 0 Å². The van der Waals surface area contributed by atoms with E-state index in [1.165, 1.54) is 4.90 Å². The van der Waals surface area contributed by atoms with Gasteiger partial charge in [0.05, 0.1) is 5.92 Å². The van der Waals surface area contributed by atoms with Gasteiger partial charge in [-0.25, -0.2) is 0 Å². The van der Waals surface area contributed by atoms with Crippen molar-refractivity contribution in [1.29, 1.82) is 0 Å². The van der Waals surface area contributed by atoms with Crippen LogP contribution in [0.2, 0.25) is 0 Å². The summed E-state index contributed by atoms with van der Waals surface area (Å²) in [7, 11) is 0. The Labute approximate surface area is 129 Å². The number of hydrogen-bond acceptors (Lipinski definition) is 2. The average molecular weight is 366 g/mol. The minimum atomic E-state index is -4.24. The molecule has 0 spiro atoms. The number of halogens is 4. The fraction of sp³-hybridized carbons (Fsp3) is 0.500. The normalized spacial score (nSPS) is 19.4. The molecule has 1 aromatic carbocycles. The fourth-order valence-corrected chi connectivity index (χ4v) is 2.50. The van der Waals surface area contributed by atoms with Crippen molar-refractivity contribution in [2.45, 2.75) is 19.0 Å². The molecule has 7 heteroatoms. The number of nitrogens with zero attached hydrogens (tertiary/aromatic N) is 1. The Kier molecular flexibility index (Phi) is 5.13. The summed E-state index contributed by atoms with van der Waals surface area (Å²) in [6, 6.07) is 6.90. The number of amides is 1. The van der Waals surface area contributed by atoms with Crippen LogP contribution in [-0.4, -0.2) is 36.7 Å². The van der Waals surface area contributed by atoms with E-state index in [0.29, 0.717) is 18.7 Å². The van der Waals surface area contributed by atoms with Crippen molar-refractivity contribution in [3.8, 4) is 5.75 Å². The van der Waals surface area contributed by atoms with Crippen molar-refractivity contribution < 1.29 is 22.7 Å². The Bertz CT molecular complexity index is 490. The van der Waals surface area contributed by atoms with Crippen molar-refractivity contribution in [3.63, 3.8) is 0 Å². The molecule has 1 saturated heterocycles. The quantitative estimate of drug-likeness (QED) is 0.818. The highest BCUT2D eigenvalue weighted by molar-refractivity contribution is 9.10. The Hall–Kier alpha value is -1.24. The van der Waals surface area contributed by atoms with Crippen LogP contribution in [0.4, 0.5) is 13.2 Å². The first kappa shape index (κ1) is 16.1. The molecule has 1 amide bonds. The van der Waals surface area contributed by atoms with E-state index in [-0.39, 0.29) is 19.6 Å². The minimum absolute atomic E-state index is 0.0842. The third-order valence-electron chi connectivity index (χ3n) is 3.41. The lowest BCUT2D eigenvalue weighted by molar-refractivity contribution is -0.188. The number of carbonyl (C=O) groups is 1. The van der Waals surface area contributed by atoms with Crippen LogP contribution in [-0.2, 0) is 4.79 Å². The summed E-state index contributed by atoms with van der Waals surface area (Å²) in [6.45, 7) is -0.159. The molecular formula is C14H15BrF3NO2. The van der Waals surface area contributed by atoms with Gasteiger partial charge >= 0.3 is 6.18 Å². The molecule has 1 aliphatic rings. The Morgan fingerprint density at radius 3 is 2.62 bits per heavy atom. The van der Waals surface area contributed by atoms with Crippen molar-refractivity contribution in [1.82, 2.24) is 4.90 Å². The molecular weight excluding hydrogens is 351 g/mol. The molecule has 2 rings (SSSR count). The third-order valence-corrected chi connectivity index (χ3v) is 3.94. The number of piperidine rings is 1. The zero-order valence-electron chi connectivity index (χ0n) is 11.2. The largest absolute Gasteiger partial charge is 0.484 e. The summed E-state index contributed by atoms with van der Waals surface area (Å²) in [6.07, 6.45) is -3.79. The second kappa shape index (κ2) is 6.68. The standard InChI is InChI=1S/C14H15BrF3NO2/c15-11-3-5-12(6-4-11)21-9-13(20)19-7-1-2-10(8-19)14(16,17)18/h3-6,10H,1-2,7-9H2. The van der Waals surface area contributed by atoms with Gasteiger partial charge in [0, 0.05) is 17.6 Å². The number of alkyl halides is 3. The van der Waals surface area contributed by atoms with E-state index in [1.807, 2.05) is 0 Å². The van der Waals surface area contributed by atoms with E-state index in [1.54, 1.807) is 24.3 Å². The number of ether oxygens (including phenoxy) is 1. The fourth-order valence-electron chi connectivity index (χ4n) is 2.24. The van der Waals surface area contributed by atoms with Crippen molar-refractivity contribution in [2.75, 3.05) is 19.7 Å². The maximum Gasteiger partial charge on any atom is 0.393 e. The highest BCUT2D eigenvalue weighted by Gasteiger charge is 2.42. The van der Waals surface area contributed by atoms with Gasteiger partial charge in [-0.3, -0.25) is 4.79 Å². The van der Waals surface area contributed by atoms with Crippen LogP contribution in [0.5, 0.6) is 5.75 Å². The topological polar surface area (TPSA) is 29.5 Å². The van der Waals surface area contributed by atoms with Crippen molar-refractivity contribution in [3.05, 3.63) is 28.7 Å². The van der Waals surface area contributed by atoms with Gasteiger partial charge in [0.1, 0.15) is 5.75 Å². The minimum Gasteiger partial charge on any atom is -0.484 e. The molecule has 0 bridgehead atoms. The molecule has 1 atom stereocenters. The third kappa shape index (κ3) is 4.62. The molecule has 116 valence electrons. The first-order chi connectivity index (χ1) is 9.86. The molecule has 0 radical (unpaired) electrons. The highest BCUT2D eigenvalue weighted by Crippen LogP contribution is 2.33. The van der Waals surface area contributed by atoms with Gasteiger partial charge in [-0.2, -0.15) is 13.2 Å². The molecule has 1 unspecified atom stereocenters. The number of likely N-dealkylation sites (tertiary alicyclic amines) is 1. The van der Waals surface area contributed by atoms with Gasteiger partial charge in [-0.15, -0.1) is 0 Å². The molecule has 1 fully saturated rings. The van der Waals surface area contributed by atoms with Gasteiger partial charge in [0.2, 0.25) is 0 Å². The van der Waals surface area contributed by atoms with Gasteiger partial charge in [-0.1, -0.05) is 15.9 Å². The first-order valence-electron chi connectivity index (χ1n) is 6.59. The monoisotopic (exact) mass is 365 g/mol. The number of benzene rings is 1. The van der Waals surface area contributed by atoms with Crippen LogP contribution in [0.15, 0.2) is 28.7 Å². The SMILES string of the molecule is O=C(COc1ccc(Br)cc1)N1CCCC(C(F)(F)F)C1. The lowest BCUT2D eigenvalue weighted by Gasteiger charge is -2.33. The van der Waals surface area contributed by atoms with Crippen LogP contribution in [0.25, 0.3) is 0 Å². The molecule has 1 heterocycles. The summed E-state index contributed by atoms with van der Waals surface area (Å²) < 4.78 is 44.3. The molecule has 1 aliphatic heterocycles. The number of carbonyl (C=O) groups excluding carboxylic acids is 1. The average Bonchev–Trinajstić information content (AvgIpc) is 2.45. The summed E-state index contributed by atoms with van der Waals surface area (Å²) in [5.74, 6) is -1.33. The molecule has 1 aromatic rings. The second-order valence-electron chi connectivity index (χ2n) is 4.96. The van der Waals surface area contributed by atoms with Crippen molar-refractivity contribution in [2.24, 2.45) is 5.92 Å². The highest BCUT2D eigenvalue weighted by atomic mass is 79.9. The molecule has 0 aromatic heterocycles. The smallest absolute Gasteiger partial charge is 0.393 e. The predicted octanol–water partition coefficient (Wildman–Crippen LogP) is 3.63. The second-order valence-corrected chi connectivity index (χ2v) is 5.88. The van der Waals surface area contributed by atoms with Crippen LogP contribution >= 0.6 is 15.9 Å². The van der Waals surface area contributed by atoms with E-state index in [0.717, 1.165) is 4.47 Å². The summed E-state index contributed by atoms with van der Waals surface area (Å²) in [4.78, 5) is 13.2. The Morgan fingerprint density at radius 1 is 1.33 bits per heavy atom. The van der Waals surface area contributed by atoms with Crippen LogP contribution in [0, 0.1) is 5.92 Å². The van der Waals surface area contributed by atoms with Gasteiger partial charge < -0.3 is 9.64 Å². The lowest BCUT2D eigenvalue weighted by atomic mass is 9.97. The zero-order valence-corrected chi connectivity index (χ0v) is 12.8. The van der Waals surface area contributed by atoms with E-state index in [4.69, 9.17) is 4.74 Å². The van der Waals surface area contributed by atoms with E-state index in [9.17, 15) is 18.0 Å². The summed E-state index contributed by atoms with van der Waals surface area (Å²) in [5, 5.41) is 0. The first-order valence-corrected chi connectivity index (χ1v) is 7.38. The number of rotatable bonds is 3. The Balaban J connectivity index is 1.86. The summed E-state index contributed by atoms with van der Waals surface area (Å²) in [5.41, 5.74) is 0. The summed E-state index contributed by atoms with van der Waals surface area (Å²) >= 11 is 3.28. The molecule has 0 aliphatic carbocycles. The van der Waals surface area contributed by atoms with E-state index < -0.39 is 18.0 Å². The maximum atomic E-state index is 12.7. The predicted molar refractivity (Wildman–Crippen MR) is 75.0 cm³/mol. The molecule has 21 heavy (non-hydrogen) atoms. The van der Waals surface area contributed by atoms with Crippen LogP contribution < -0.4 is 4.74 Å². The van der Waals surface area contributed by atoms with Crippen molar-refractivity contribution >= 4 is 21.8 Å². The van der Waals surface area contributed by atoms with Gasteiger partial charge in [0.25, 0.3) is 5.91 Å². The zero-order chi connectivity index (χ0) is 15.5. The van der Waals surface area contributed by atoms with E-state index >= 15 is 0 Å².